The van der Waals surface area contributed by atoms with Crippen LogP contribution < -0.4 is 4.74 Å². The Morgan fingerprint density at radius 3 is 2.34 bits per heavy atom. The Morgan fingerprint density at radius 1 is 1.12 bits per heavy atom. The number of carboxylic acids is 1. The molecular weight excluding hydrogens is 468 g/mol. The van der Waals surface area contributed by atoms with Crippen LogP contribution in [0, 0.1) is 17.5 Å². The van der Waals surface area contributed by atoms with Gasteiger partial charge in [-0.2, -0.15) is 13.2 Å². The Hall–Kier alpha value is -3.21. The van der Waals surface area contributed by atoms with Crippen molar-refractivity contribution in [3.63, 3.8) is 0 Å². The van der Waals surface area contributed by atoms with E-state index in [2.05, 4.69) is 9.68 Å². The van der Waals surface area contributed by atoms with Gasteiger partial charge in [0.2, 0.25) is 5.76 Å². The van der Waals surface area contributed by atoms with Crippen LogP contribution >= 0.6 is 11.6 Å². The predicted molar refractivity (Wildman–Crippen MR) is 98.6 cm³/mol. The molecule has 0 aliphatic carbocycles. The molecule has 0 aliphatic rings. The van der Waals surface area contributed by atoms with Crippen molar-refractivity contribution in [2.75, 3.05) is 0 Å². The van der Waals surface area contributed by atoms with Crippen molar-refractivity contribution in [1.82, 2.24) is 5.16 Å². The lowest BCUT2D eigenvalue weighted by Crippen LogP contribution is -2.10. The van der Waals surface area contributed by atoms with Gasteiger partial charge in [-0.3, -0.25) is 4.79 Å². The maximum atomic E-state index is 14.3. The topological polar surface area (TPSA) is 72.6 Å². The summed E-state index contributed by atoms with van der Waals surface area (Å²) in [6.07, 6.45) is -5.56. The number of halogens is 7. The van der Waals surface area contributed by atoms with E-state index in [9.17, 15) is 31.1 Å². The summed E-state index contributed by atoms with van der Waals surface area (Å²) in [6.45, 7) is -1.01. The van der Waals surface area contributed by atoms with Crippen LogP contribution in [0.4, 0.5) is 26.3 Å². The molecule has 5 nitrogen and oxygen atoms in total. The highest BCUT2D eigenvalue weighted by molar-refractivity contribution is 6.33. The van der Waals surface area contributed by atoms with Gasteiger partial charge in [-0.25, -0.2) is 13.2 Å². The van der Waals surface area contributed by atoms with Gasteiger partial charge in [0.05, 0.1) is 10.6 Å². The van der Waals surface area contributed by atoms with Crippen molar-refractivity contribution in [2.45, 2.75) is 25.6 Å². The van der Waals surface area contributed by atoms with Crippen LogP contribution in [0.2, 0.25) is 5.02 Å². The van der Waals surface area contributed by atoms with Gasteiger partial charge in [-0.1, -0.05) is 16.8 Å². The van der Waals surface area contributed by atoms with Crippen molar-refractivity contribution < 1.29 is 45.5 Å². The second-order valence-electron chi connectivity index (χ2n) is 6.53. The Morgan fingerprint density at radius 2 is 1.78 bits per heavy atom. The van der Waals surface area contributed by atoms with E-state index < -0.39 is 59.0 Å². The molecule has 0 amide bonds. The molecule has 0 unspecified atom stereocenters. The number of aliphatic carboxylic acids is 1. The van der Waals surface area contributed by atoms with Gasteiger partial charge < -0.3 is 14.4 Å². The molecule has 170 valence electrons. The highest BCUT2D eigenvalue weighted by Crippen LogP contribution is 2.39. The average molecular weight is 480 g/mol. The first-order valence-electron chi connectivity index (χ1n) is 8.81. The molecule has 0 bridgehead atoms. The summed E-state index contributed by atoms with van der Waals surface area (Å²) < 4.78 is 91.3. The molecular formula is C20H12ClF6NO4. The van der Waals surface area contributed by atoms with E-state index in [0.29, 0.717) is 0 Å². The first-order chi connectivity index (χ1) is 15.0. The normalized spacial score (nSPS) is 11.6. The Balaban J connectivity index is 1.95. The SMILES string of the molecule is O=C(O)CCc1cc(F)c(OCc2c(-c3ccc(F)cc3Cl)noc2C(F)(F)F)c(F)c1. The molecule has 3 rings (SSSR count). The van der Waals surface area contributed by atoms with Crippen LogP contribution in [0.15, 0.2) is 34.9 Å². The smallest absolute Gasteiger partial charge is 0.452 e. The molecule has 1 heterocycles. The summed E-state index contributed by atoms with van der Waals surface area (Å²) in [5.41, 5.74) is -1.24. The molecule has 2 aromatic carbocycles. The summed E-state index contributed by atoms with van der Waals surface area (Å²) in [7, 11) is 0. The molecule has 0 atom stereocenters. The third kappa shape index (κ3) is 5.16. The summed E-state index contributed by atoms with van der Waals surface area (Å²) in [4.78, 5) is 10.6. The number of aromatic nitrogens is 1. The van der Waals surface area contributed by atoms with Crippen molar-refractivity contribution in [3.8, 4) is 17.0 Å². The van der Waals surface area contributed by atoms with Crippen molar-refractivity contribution in [1.29, 1.82) is 0 Å². The zero-order valence-corrected chi connectivity index (χ0v) is 16.5. The average Bonchev–Trinajstić information content (AvgIpc) is 3.10. The van der Waals surface area contributed by atoms with Gasteiger partial charge in [0.1, 0.15) is 18.1 Å². The molecule has 0 radical (unpaired) electrons. The number of nitrogens with zero attached hydrogens (tertiary/aromatic N) is 1. The second kappa shape index (κ2) is 9.11. The molecule has 3 aromatic rings. The number of ether oxygens (including phenoxy) is 1. The van der Waals surface area contributed by atoms with Crippen LogP contribution in [0.25, 0.3) is 11.3 Å². The summed E-state index contributed by atoms with van der Waals surface area (Å²) in [5.74, 6) is -6.96. The summed E-state index contributed by atoms with van der Waals surface area (Å²) in [5, 5.41) is 11.7. The van der Waals surface area contributed by atoms with Gasteiger partial charge in [0.25, 0.3) is 0 Å². The number of aryl methyl sites for hydroxylation is 1. The lowest BCUT2D eigenvalue weighted by Gasteiger charge is -2.12. The fourth-order valence-corrected chi connectivity index (χ4v) is 3.11. The van der Waals surface area contributed by atoms with E-state index >= 15 is 0 Å². The molecule has 1 N–H and O–H groups in total. The number of hydrogen-bond donors (Lipinski definition) is 1. The maximum absolute atomic E-state index is 14.3. The molecule has 0 aliphatic heterocycles. The molecule has 0 saturated carbocycles. The molecule has 0 fully saturated rings. The maximum Gasteiger partial charge on any atom is 0.452 e. The molecule has 0 saturated heterocycles. The van der Waals surface area contributed by atoms with E-state index in [1.165, 1.54) is 0 Å². The van der Waals surface area contributed by atoms with Crippen molar-refractivity contribution >= 4 is 17.6 Å². The van der Waals surface area contributed by atoms with Gasteiger partial charge in [0.15, 0.2) is 17.4 Å². The first-order valence-corrected chi connectivity index (χ1v) is 9.19. The summed E-state index contributed by atoms with van der Waals surface area (Å²) in [6, 6.07) is 4.48. The van der Waals surface area contributed by atoms with Gasteiger partial charge in [-0.15, -0.1) is 0 Å². The van der Waals surface area contributed by atoms with Crippen molar-refractivity contribution in [3.05, 3.63) is 69.7 Å². The van der Waals surface area contributed by atoms with Crippen molar-refractivity contribution in [2.24, 2.45) is 0 Å². The van der Waals surface area contributed by atoms with Crippen LogP contribution in [0.1, 0.15) is 23.3 Å². The largest absolute Gasteiger partial charge is 0.483 e. The van der Waals surface area contributed by atoms with Gasteiger partial charge >= 0.3 is 12.1 Å². The van der Waals surface area contributed by atoms with E-state index in [1.54, 1.807) is 0 Å². The number of rotatable bonds is 7. The minimum atomic E-state index is -5.02. The van der Waals surface area contributed by atoms with Crippen LogP contribution in [-0.4, -0.2) is 16.2 Å². The number of benzene rings is 2. The van der Waals surface area contributed by atoms with Crippen LogP contribution in [0.3, 0.4) is 0 Å². The highest BCUT2D eigenvalue weighted by Gasteiger charge is 2.41. The minimum absolute atomic E-state index is 0.0227. The minimum Gasteiger partial charge on any atom is -0.483 e. The lowest BCUT2D eigenvalue weighted by atomic mass is 10.1. The molecule has 32 heavy (non-hydrogen) atoms. The third-order valence-electron chi connectivity index (χ3n) is 4.28. The van der Waals surface area contributed by atoms with E-state index in [-0.39, 0.29) is 29.0 Å². The quantitative estimate of drug-likeness (QED) is 0.419. The van der Waals surface area contributed by atoms with E-state index in [1.807, 2.05) is 0 Å². The Kier molecular flexibility index (Phi) is 6.68. The highest BCUT2D eigenvalue weighted by atomic mass is 35.5. The van der Waals surface area contributed by atoms with Gasteiger partial charge in [-0.05, 0) is 42.3 Å². The number of alkyl halides is 3. The Bertz CT molecular complexity index is 1140. The van der Waals surface area contributed by atoms with E-state index in [0.717, 1.165) is 30.3 Å². The Labute approximate surface area is 181 Å². The fourth-order valence-electron chi connectivity index (χ4n) is 2.85. The van der Waals surface area contributed by atoms with Crippen LogP contribution in [-0.2, 0) is 24.0 Å². The van der Waals surface area contributed by atoms with E-state index in [4.69, 9.17) is 21.4 Å². The number of carboxylic acid groups (broad SMARTS) is 1. The first kappa shape index (κ1) is 23.5. The lowest BCUT2D eigenvalue weighted by molar-refractivity contribution is -0.156. The number of hydrogen-bond acceptors (Lipinski definition) is 4. The summed E-state index contributed by atoms with van der Waals surface area (Å²) >= 11 is 5.89. The van der Waals surface area contributed by atoms with Crippen LogP contribution in [0.5, 0.6) is 5.75 Å². The second-order valence-corrected chi connectivity index (χ2v) is 6.94. The monoisotopic (exact) mass is 479 g/mol. The third-order valence-corrected chi connectivity index (χ3v) is 4.59. The number of carbonyl (C=O) groups is 1. The van der Waals surface area contributed by atoms with Gasteiger partial charge in [0, 0.05) is 12.0 Å². The standard InChI is InChI=1S/C20H12ClF6NO4/c21-13-7-10(22)2-3-11(13)17-12(19(32-28-17)20(25,26)27)8-31-18-14(23)5-9(6-15(18)24)1-4-16(29)30/h2-3,5-7H,1,4,8H2,(H,29,30). The zero-order chi connectivity index (χ0) is 23.6. The molecule has 12 heteroatoms. The molecule has 0 spiro atoms. The fraction of sp³-hybridized carbons (Fsp3) is 0.200. The molecule has 1 aromatic heterocycles. The zero-order valence-electron chi connectivity index (χ0n) is 15.8. The predicted octanol–water partition coefficient (Wildman–Crippen LogP) is 6.03.